The average Bonchev–Trinajstić information content (AvgIpc) is 3.13. The van der Waals surface area contributed by atoms with Gasteiger partial charge < -0.3 is 19.9 Å². The third-order valence-electron chi connectivity index (χ3n) is 6.88. The summed E-state index contributed by atoms with van der Waals surface area (Å²) >= 11 is 8.01. The molecule has 2 atom stereocenters. The molecule has 3 aromatic rings. The van der Waals surface area contributed by atoms with Crippen molar-refractivity contribution in [1.82, 2.24) is 9.88 Å². The van der Waals surface area contributed by atoms with Gasteiger partial charge in [0.25, 0.3) is 0 Å². The van der Waals surface area contributed by atoms with E-state index >= 15 is 0 Å². The van der Waals surface area contributed by atoms with Gasteiger partial charge in [0.15, 0.2) is 16.6 Å². The summed E-state index contributed by atoms with van der Waals surface area (Å²) in [5.41, 5.74) is 1.35. The molecule has 1 aliphatic carbocycles. The van der Waals surface area contributed by atoms with Crippen LogP contribution in [0, 0.1) is 0 Å². The second-order valence-electron chi connectivity index (χ2n) is 9.03. The van der Waals surface area contributed by atoms with E-state index in [1.165, 1.54) is 11.3 Å². The van der Waals surface area contributed by atoms with Crippen LogP contribution in [0.2, 0.25) is 5.02 Å². The molecule has 2 aliphatic heterocycles. The largest absolute Gasteiger partial charge is 0.454 e. The average molecular weight is 498 g/mol. The Hall–Kier alpha value is -2.65. The van der Waals surface area contributed by atoms with E-state index in [0.29, 0.717) is 28.2 Å². The van der Waals surface area contributed by atoms with Crippen molar-refractivity contribution >= 4 is 34.0 Å². The number of fused-ring (bicyclic) bond motifs is 1. The van der Waals surface area contributed by atoms with Crippen molar-refractivity contribution in [3.05, 3.63) is 69.7 Å². The quantitative estimate of drug-likeness (QED) is 0.526. The first-order valence-electron chi connectivity index (χ1n) is 11.4. The second kappa shape index (κ2) is 8.53. The van der Waals surface area contributed by atoms with E-state index in [1.807, 2.05) is 42.5 Å². The fourth-order valence-electron chi connectivity index (χ4n) is 4.88. The number of carbonyl (C=O) groups excluding carboxylic acids is 1. The molecule has 3 heterocycles. The second-order valence-corrected chi connectivity index (χ2v) is 10.5. The van der Waals surface area contributed by atoms with Crippen LogP contribution in [0.15, 0.2) is 48.7 Å². The number of aliphatic hydroxyl groups excluding tert-OH is 1. The number of thiazole rings is 1. The molecule has 2 aromatic carbocycles. The standard InChI is InChI=1S/C25H24ClN3O4S/c26-18-4-2-1-3-17(18)22(29-10-7-16(30)13-29)21-12-27-24(34-21)28-23(31)25(8-9-25)15-5-6-19-20(11-15)33-14-32-19/h1-6,11-12,16,22,30H,7-10,13-14H2,(H,27,28,31)/t16?,22-/m0/s1. The lowest BCUT2D eigenvalue weighted by Gasteiger charge is -2.27. The number of benzene rings is 2. The number of nitrogens with one attached hydrogen (secondary N) is 1. The molecule has 0 bridgehead atoms. The van der Waals surface area contributed by atoms with Crippen LogP contribution in [0.1, 0.15) is 41.3 Å². The Kier molecular flexibility index (Phi) is 5.49. The highest BCUT2D eigenvalue weighted by molar-refractivity contribution is 7.15. The van der Waals surface area contributed by atoms with Crippen molar-refractivity contribution < 1.29 is 19.4 Å². The zero-order chi connectivity index (χ0) is 23.3. The van der Waals surface area contributed by atoms with Crippen molar-refractivity contribution in [2.24, 2.45) is 0 Å². The summed E-state index contributed by atoms with van der Waals surface area (Å²) in [4.78, 5) is 21.0. The number of likely N-dealkylation sites (tertiary alicyclic amines) is 1. The fraction of sp³-hybridized carbons (Fsp3) is 0.360. The topological polar surface area (TPSA) is 83.9 Å². The summed E-state index contributed by atoms with van der Waals surface area (Å²) in [6.07, 6.45) is 3.74. The molecule has 2 N–H and O–H groups in total. The third-order valence-corrected chi connectivity index (χ3v) is 8.19. The molecule has 6 rings (SSSR count). The van der Waals surface area contributed by atoms with Crippen LogP contribution in [0.3, 0.4) is 0 Å². The molecule has 176 valence electrons. The maximum atomic E-state index is 13.3. The SMILES string of the molecule is O=C(Nc1ncc([C@H](c2ccccc2Cl)N2CCC(O)C2)s1)C1(c2ccc3c(c2)OCO3)CC1. The predicted molar refractivity (Wildman–Crippen MR) is 130 cm³/mol. The number of halogens is 1. The Morgan fingerprint density at radius 2 is 2.06 bits per heavy atom. The van der Waals surface area contributed by atoms with Gasteiger partial charge in [-0.15, -0.1) is 0 Å². The minimum absolute atomic E-state index is 0.0573. The number of aliphatic hydroxyl groups is 1. The molecule has 34 heavy (non-hydrogen) atoms. The molecule has 1 amide bonds. The first kappa shape index (κ1) is 21.9. The van der Waals surface area contributed by atoms with Gasteiger partial charge in [0.05, 0.1) is 17.6 Å². The highest BCUT2D eigenvalue weighted by Gasteiger charge is 2.52. The van der Waals surface area contributed by atoms with Crippen molar-refractivity contribution in [3.63, 3.8) is 0 Å². The van der Waals surface area contributed by atoms with Crippen molar-refractivity contribution in [2.75, 3.05) is 25.2 Å². The normalized spacial score (nSPS) is 21.4. The summed E-state index contributed by atoms with van der Waals surface area (Å²) in [5, 5.41) is 14.4. The zero-order valence-electron chi connectivity index (χ0n) is 18.4. The molecule has 3 aliphatic rings. The fourth-order valence-corrected chi connectivity index (χ4v) is 6.09. The van der Waals surface area contributed by atoms with E-state index in [9.17, 15) is 9.90 Å². The Labute approximate surface area is 206 Å². The summed E-state index contributed by atoms with van der Waals surface area (Å²) in [6, 6.07) is 13.4. The molecule has 9 heteroatoms. The zero-order valence-corrected chi connectivity index (χ0v) is 19.9. The first-order chi connectivity index (χ1) is 16.5. The molecule has 1 unspecified atom stereocenters. The Morgan fingerprint density at radius 1 is 1.24 bits per heavy atom. The van der Waals surface area contributed by atoms with Crippen molar-refractivity contribution in [1.29, 1.82) is 0 Å². The number of nitrogens with zero attached hydrogens (tertiary/aromatic N) is 2. The molecular formula is C25H24ClN3O4S. The molecule has 7 nitrogen and oxygen atoms in total. The lowest BCUT2D eigenvalue weighted by atomic mass is 9.94. The number of β-amino-alcohol motifs (C(OH)–C–C–N with tert-alkyl or cyclic N) is 1. The number of hydrogen-bond acceptors (Lipinski definition) is 7. The number of amides is 1. The number of aromatic nitrogens is 1. The summed E-state index contributed by atoms with van der Waals surface area (Å²) in [7, 11) is 0. The van der Waals surface area contributed by atoms with E-state index in [2.05, 4.69) is 15.2 Å². The van der Waals surface area contributed by atoms with E-state index in [0.717, 1.165) is 41.8 Å². The van der Waals surface area contributed by atoms with Gasteiger partial charge >= 0.3 is 0 Å². The van der Waals surface area contributed by atoms with Gasteiger partial charge in [-0.05, 0) is 48.6 Å². The Balaban J connectivity index is 1.25. The summed E-state index contributed by atoms with van der Waals surface area (Å²) in [5.74, 6) is 1.34. The highest BCUT2D eigenvalue weighted by atomic mass is 35.5. The van der Waals surface area contributed by atoms with Gasteiger partial charge in [-0.1, -0.05) is 47.2 Å². The van der Waals surface area contributed by atoms with E-state index < -0.39 is 5.41 Å². The van der Waals surface area contributed by atoms with Gasteiger partial charge in [-0.25, -0.2) is 4.98 Å². The van der Waals surface area contributed by atoms with Crippen LogP contribution < -0.4 is 14.8 Å². The van der Waals surface area contributed by atoms with Crippen LogP contribution in [-0.2, 0) is 10.2 Å². The van der Waals surface area contributed by atoms with Gasteiger partial charge in [0, 0.05) is 29.2 Å². The minimum Gasteiger partial charge on any atom is -0.454 e. The van der Waals surface area contributed by atoms with Gasteiger partial charge in [0.2, 0.25) is 12.7 Å². The molecule has 1 aromatic heterocycles. The maximum absolute atomic E-state index is 13.3. The number of ether oxygens (including phenoxy) is 2. The Morgan fingerprint density at radius 3 is 2.82 bits per heavy atom. The number of carbonyl (C=O) groups is 1. The van der Waals surface area contributed by atoms with Crippen LogP contribution in [-0.4, -0.2) is 46.9 Å². The smallest absolute Gasteiger partial charge is 0.236 e. The Bertz CT molecular complexity index is 1240. The molecule has 1 saturated heterocycles. The predicted octanol–water partition coefficient (Wildman–Crippen LogP) is 4.35. The number of rotatable bonds is 6. The summed E-state index contributed by atoms with van der Waals surface area (Å²) in [6.45, 7) is 1.55. The maximum Gasteiger partial charge on any atom is 0.236 e. The van der Waals surface area contributed by atoms with E-state index in [-0.39, 0.29) is 24.8 Å². The minimum atomic E-state index is -0.561. The highest BCUT2D eigenvalue weighted by Crippen LogP contribution is 2.51. The van der Waals surface area contributed by atoms with Gasteiger partial charge in [0.1, 0.15) is 0 Å². The number of hydrogen-bond donors (Lipinski definition) is 2. The van der Waals surface area contributed by atoms with E-state index in [1.54, 1.807) is 6.20 Å². The lowest BCUT2D eigenvalue weighted by molar-refractivity contribution is -0.118. The molecule has 0 spiro atoms. The van der Waals surface area contributed by atoms with Crippen molar-refractivity contribution in [3.8, 4) is 11.5 Å². The molecule has 2 fully saturated rings. The van der Waals surface area contributed by atoms with Crippen LogP contribution in [0.4, 0.5) is 5.13 Å². The lowest BCUT2D eigenvalue weighted by Crippen LogP contribution is -2.28. The van der Waals surface area contributed by atoms with Crippen LogP contribution in [0.25, 0.3) is 0 Å². The van der Waals surface area contributed by atoms with Crippen molar-refractivity contribution in [2.45, 2.75) is 36.8 Å². The molecule has 1 saturated carbocycles. The molecule has 0 radical (unpaired) electrons. The van der Waals surface area contributed by atoms with Gasteiger partial charge in [-0.2, -0.15) is 0 Å². The van der Waals surface area contributed by atoms with Crippen LogP contribution in [0.5, 0.6) is 11.5 Å². The molecular weight excluding hydrogens is 474 g/mol. The third kappa shape index (κ3) is 3.84. The van der Waals surface area contributed by atoms with E-state index in [4.69, 9.17) is 21.1 Å². The monoisotopic (exact) mass is 497 g/mol. The first-order valence-corrected chi connectivity index (χ1v) is 12.6. The number of anilines is 1. The summed E-state index contributed by atoms with van der Waals surface area (Å²) < 4.78 is 10.9. The van der Waals surface area contributed by atoms with Crippen LogP contribution >= 0.6 is 22.9 Å². The van der Waals surface area contributed by atoms with Gasteiger partial charge in [-0.3, -0.25) is 9.69 Å².